The number of hydrogen-bond acceptors (Lipinski definition) is 5. The van der Waals surface area contributed by atoms with Crippen LogP contribution in [0.1, 0.15) is 5.56 Å². The highest BCUT2D eigenvalue weighted by molar-refractivity contribution is 6.42. The van der Waals surface area contributed by atoms with Gasteiger partial charge < -0.3 is 9.64 Å². The lowest BCUT2D eigenvalue weighted by Crippen LogP contribution is -2.52. The molecule has 0 aliphatic carbocycles. The van der Waals surface area contributed by atoms with Crippen molar-refractivity contribution in [3.8, 4) is 0 Å². The standard InChI is InChI=1S/C22H28Cl2N4O/c23-21-2-1-19(15-22(21)24)28-11-9-27(10-12-28)17-20-16-26(13-14-29-20)8-5-18-3-6-25-7-4-18/h1-4,6-7,15,20H,5,8-14,16-17H2/t20-/m1/s1. The number of rotatable bonds is 6. The molecule has 5 nitrogen and oxygen atoms in total. The van der Waals surface area contributed by atoms with Crippen molar-refractivity contribution in [2.24, 2.45) is 0 Å². The number of pyridine rings is 1. The lowest BCUT2D eigenvalue weighted by molar-refractivity contribution is -0.0434. The number of benzene rings is 1. The van der Waals surface area contributed by atoms with Crippen LogP contribution in [-0.4, -0.2) is 79.9 Å². The van der Waals surface area contributed by atoms with E-state index in [-0.39, 0.29) is 6.10 Å². The zero-order valence-electron chi connectivity index (χ0n) is 16.6. The number of piperazine rings is 1. The summed E-state index contributed by atoms with van der Waals surface area (Å²) in [6.45, 7) is 9.01. The number of anilines is 1. The van der Waals surface area contributed by atoms with Crippen LogP contribution in [-0.2, 0) is 11.2 Å². The predicted octanol–water partition coefficient (Wildman–Crippen LogP) is 3.45. The van der Waals surface area contributed by atoms with Crippen molar-refractivity contribution in [3.05, 3.63) is 58.3 Å². The lowest BCUT2D eigenvalue weighted by Gasteiger charge is -2.40. The Bertz CT molecular complexity index is 784. The van der Waals surface area contributed by atoms with Gasteiger partial charge in [-0.15, -0.1) is 0 Å². The van der Waals surface area contributed by atoms with Gasteiger partial charge in [-0.1, -0.05) is 23.2 Å². The smallest absolute Gasteiger partial charge is 0.0829 e. The third-order valence-corrected chi connectivity index (χ3v) is 6.53. The lowest BCUT2D eigenvalue weighted by atomic mass is 10.1. The van der Waals surface area contributed by atoms with Crippen LogP contribution in [0, 0.1) is 0 Å². The second kappa shape index (κ2) is 10.1. The van der Waals surface area contributed by atoms with Crippen LogP contribution >= 0.6 is 23.2 Å². The van der Waals surface area contributed by atoms with Crippen molar-refractivity contribution in [2.45, 2.75) is 12.5 Å². The molecule has 156 valence electrons. The Balaban J connectivity index is 1.22. The topological polar surface area (TPSA) is 31.8 Å². The molecule has 2 aliphatic rings. The molecule has 2 aliphatic heterocycles. The molecule has 2 saturated heterocycles. The third kappa shape index (κ3) is 5.83. The SMILES string of the molecule is Clc1ccc(N2CCN(C[C@H]3CN(CCc4ccncc4)CCO3)CC2)cc1Cl. The normalized spacial score (nSPS) is 21.4. The summed E-state index contributed by atoms with van der Waals surface area (Å²) in [4.78, 5) is 11.5. The van der Waals surface area contributed by atoms with Crippen LogP contribution in [0.15, 0.2) is 42.7 Å². The number of ether oxygens (including phenoxy) is 1. The second-order valence-corrected chi connectivity index (χ2v) is 8.60. The molecule has 0 bridgehead atoms. The molecule has 1 aromatic carbocycles. The van der Waals surface area contributed by atoms with E-state index < -0.39 is 0 Å². The molecular weight excluding hydrogens is 407 g/mol. The molecule has 0 spiro atoms. The maximum atomic E-state index is 6.18. The largest absolute Gasteiger partial charge is 0.374 e. The minimum atomic E-state index is 0.290. The first-order valence-electron chi connectivity index (χ1n) is 10.3. The van der Waals surface area contributed by atoms with Gasteiger partial charge in [0, 0.05) is 70.4 Å². The van der Waals surface area contributed by atoms with E-state index in [9.17, 15) is 0 Å². The molecule has 4 rings (SSSR count). The highest BCUT2D eigenvalue weighted by atomic mass is 35.5. The molecule has 2 aromatic rings. The summed E-state index contributed by atoms with van der Waals surface area (Å²) in [5.41, 5.74) is 2.50. The average Bonchev–Trinajstić information content (AvgIpc) is 2.76. The Morgan fingerprint density at radius 1 is 0.931 bits per heavy atom. The van der Waals surface area contributed by atoms with E-state index in [1.807, 2.05) is 24.5 Å². The first kappa shape index (κ1) is 20.9. The molecule has 0 saturated carbocycles. The van der Waals surface area contributed by atoms with Gasteiger partial charge in [0.1, 0.15) is 0 Å². The first-order chi connectivity index (χ1) is 14.2. The fourth-order valence-electron chi connectivity index (χ4n) is 4.09. The first-order valence-corrected chi connectivity index (χ1v) is 11.1. The summed E-state index contributed by atoms with van der Waals surface area (Å²) >= 11 is 12.2. The molecular formula is C22H28Cl2N4O. The van der Waals surface area contributed by atoms with Gasteiger partial charge in [0.25, 0.3) is 0 Å². The number of nitrogens with zero attached hydrogens (tertiary/aromatic N) is 4. The number of hydrogen-bond donors (Lipinski definition) is 0. The van der Waals surface area contributed by atoms with Crippen molar-refractivity contribution in [2.75, 3.05) is 63.9 Å². The van der Waals surface area contributed by atoms with Crippen molar-refractivity contribution in [1.82, 2.24) is 14.8 Å². The van der Waals surface area contributed by atoms with Gasteiger partial charge in [-0.3, -0.25) is 14.8 Å². The van der Waals surface area contributed by atoms with E-state index >= 15 is 0 Å². The second-order valence-electron chi connectivity index (χ2n) is 7.78. The Morgan fingerprint density at radius 3 is 2.48 bits per heavy atom. The van der Waals surface area contributed by atoms with Crippen molar-refractivity contribution in [3.63, 3.8) is 0 Å². The van der Waals surface area contributed by atoms with Gasteiger partial charge in [0.2, 0.25) is 0 Å². The predicted molar refractivity (Wildman–Crippen MR) is 119 cm³/mol. The van der Waals surface area contributed by atoms with Crippen LogP contribution in [0.3, 0.4) is 0 Å². The maximum absolute atomic E-state index is 6.18. The van der Waals surface area contributed by atoms with Crippen LogP contribution in [0.4, 0.5) is 5.69 Å². The molecule has 3 heterocycles. The van der Waals surface area contributed by atoms with Crippen LogP contribution in [0.2, 0.25) is 10.0 Å². The minimum Gasteiger partial charge on any atom is -0.374 e. The van der Waals surface area contributed by atoms with E-state index in [1.165, 1.54) is 5.56 Å². The molecule has 0 unspecified atom stereocenters. The van der Waals surface area contributed by atoms with Gasteiger partial charge in [0.05, 0.1) is 22.8 Å². The van der Waals surface area contributed by atoms with Crippen molar-refractivity contribution in [1.29, 1.82) is 0 Å². The quantitative estimate of drug-likeness (QED) is 0.694. The van der Waals surface area contributed by atoms with E-state index in [0.717, 1.165) is 71.1 Å². The summed E-state index contributed by atoms with van der Waals surface area (Å²) < 4.78 is 6.06. The molecule has 0 amide bonds. The number of aromatic nitrogens is 1. The van der Waals surface area contributed by atoms with E-state index in [4.69, 9.17) is 27.9 Å². The zero-order chi connectivity index (χ0) is 20.1. The Kier molecular flexibility index (Phi) is 7.27. The Hall–Kier alpha value is -1.37. The van der Waals surface area contributed by atoms with Gasteiger partial charge in [-0.2, -0.15) is 0 Å². The molecule has 1 aromatic heterocycles. The zero-order valence-corrected chi connectivity index (χ0v) is 18.2. The minimum absolute atomic E-state index is 0.290. The molecule has 0 radical (unpaired) electrons. The van der Waals surface area contributed by atoms with E-state index in [0.29, 0.717) is 10.0 Å². The molecule has 1 atom stereocenters. The molecule has 0 N–H and O–H groups in total. The summed E-state index contributed by atoms with van der Waals surface area (Å²) in [7, 11) is 0. The van der Waals surface area contributed by atoms with Crippen LogP contribution in [0.25, 0.3) is 0 Å². The van der Waals surface area contributed by atoms with E-state index in [1.54, 1.807) is 0 Å². The monoisotopic (exact) mass is 434 g/mol. The third-order valence-electron chi connectivity index (χ3n) is 5.79. The Morgan fingerprint density at radius 2 is 1.72 bits per heavy atom. The molecule has 29 heavy (non-hydrogen) atoms. The summed E-state index contributed by atoms with van der Waals surface area (Å²) in [5, 5.41) is 1.23. The number of halogens is 2. The Labute approximate surface area is 183 Å². The van der Waals surface area contributed by atoms with Crippen LogP contribution < -0.4 is 4.90 Å². The molecule has 2 fully saturated rings. The maximum Gasteiger partial charge on any atom is 0.0829 e. The highest BCUT2D eigenvalue weighted by Gasteiger charge is 2.25. The van der Waals surface area contributed by atoms with Crippen molar-refractivity contribution >= 4 is 28.9 Å². The fraction of sp³-hybridized carbons (Fsp3) is 0.500. The number of morpholine rings is 1. The van der Waals surface area contributed by atoms with E-state index in [2.05, 4.69) is 37.9 Å². The van der Waals surface area contributed by atoms with Crippen LogP contribution in [0.5, 0.6) is 0 Å². The highest BCUT2D eigenvalue weighted by Crippen LogP contribution is 2.27. The van der Waals surface area contributed by atoms with Gasteiger partial charge in [-0.05, 0) is 42.3 Å². The summed E-state index contributed by atoms with van der Waals surface area (Å²) in [5.74, 6) is 0. The molecule has 7 heteroatoms. The average molecular weight is 435 g/mol. The van der Waals surface area contributed by atoms with Gasteiger partial charge in [-0.25, -0.2) is 0 Å². The van der Waals surface area contributed by atoms with Crippen molar-refractivity contribution < 1.29 is 4.74 Å². The van der Waals surface area contributed by atoms with Gasteiger partial charge >= 0.3 is 0 Å². The van der Waals surface area contributed by atoms with Gasteiger partial charge in [0.15, 0.2) is 0 Å². The fourth-order valence-corrected chi connectivity index (χ4v) is 4.38. The summed E-state index contributed by atoms with van der Waals surface area (Å²) in [6.07, 6.45) is 5.10. The summed E-state index contributed by atoms with van der Waals surface area (Å²) in [6, 6.07) is 10.1.